The minimum Gasteiger partial charge on any atom is -0.396 e. The zero-order valence-electron chi connectivity index (χ0n) is 11.2. The maximum Gasteiger partial charge on any atom is 0.293 e. The van der Waals surface area contributed by atoms with Gasteiger partial charge < -0.3 is 10.4 Å². The van der Waals surface area contributed by atoms with Gasteiger partial charge in [-0.2, -0.15) is 0 Å². The number of nitrogens with one attached hydrogen (secondary N) is 1. The average Bonchev–Trinajstić information content (AvgIpc) is 2.49. The van der Waals surface area contributed by atoms with Crippen LogP contribution in [0.15, 0.2) is 48.5 Å². The molecule has 110 valence electrons. The molecule has 0 radical (unpaired) electrons. The summed E-state index contributed by atoms with van der Waals surface area (Å²) in [6, 6.07) is 13.8. The number of rotatable bonds is 6. The van der Waals surface area contributed by atoms with Crippen LogP contribution in [-0.2, 0) is 0 Å². The minimum absolute atomic E-state index is 0.0199. The van der Waals surface area contributed by atoms with E-state index in [4.69, 9.17) is 11.6 Å². The highest BCUT2D eigenvalue weighted by Gasteiger charge is 2.18. The summed E-state index contributed by atoms with van der Waals surface area (Å²) in [4.78, 5) is 10.6. The van der Waals surface area contributed by atoms with Crippen molar-refractivity contribution in [2.24, 2.45) is 0 Å². The molecule has 0 heterocycles. The van der Waals surface area contributed by atoms with Gasteiger partial charge in [0.2, 0.25) is 0 Å². The Kier molecular flexibility index (Phi) is 5.14. The van der Waals surface area contributed by atoms with Gasteiger partial charge in [0.1, 0.15) is 5.69 Å². The lowest BCUT2D eigenvalue weighted by atomic mass is 10.0. The predicted molar refractivity (Wildman–Crippen MR) is 82.6 cm³/mol. The number of hydrogen-bond acceptors (Lipinski definition) is 4. The Morgan fingerprint density at radius 1 is 1.24 bits per heavy atom. The third-order valence-electron chi connectivity index (χ3n) is 3.11. The fourth-order valence-electron chi connectivity index (χ4n) is 2.10. The van der Waals surface area contributed by atoms with Crippen LogP contribution in [0.1, 0.15) is 18.0 Å². The maximum absolute atomic E-state index is 11.1. The molecule has 0 aromatic heterocycles. The van der Waals surface area contributed by atoms with Crippen LogP contribution in [0.25, 0.3) is 0 Å². The lowest BCUT2D eigenvalue weighted by Gasteiger charge is -2.19. The highest BCUT2D eigenvalue weighted by atomic mass is 35.5. The molecule has 21 heavy (non-hydrogen) atoms. The number of aliphatic hydroxyl groups is 1. The Bertz CT molecular complexity index is 620. The molecule has 0 amide bonds. The Morgan fingerprint density at radius 3 is 2.57 bits per heavy atom. The molecule has 2 aromatic carbocycles. The maximum atomic E-state index is 11.1. The summed E-state index contributed by atoms with van der Waals surface area (Å²) in [5, 5.41) is 23.7. The minimum atomic E-state index is -0.477. The Balaban J connectivity index is 2.31. The van der Waals surface area contributed by atoms with Crippen LogP contribution in [-0.4, -0.2) is 16.6 Å². The van der Waals surface area contributed by atoms with Crippen molar-refractivity contribution < 1.29 is 10.0 Å². The fraction of sp³-hybridized carbons (Fsp3) is 0.200. The topological polar surface area (TPSA) is 75.4 Å². The summed E-state index contributed by atoms with van der Waals surface area (Å²) in [5.41, 5.74) is 1.25. The molecule has 0 fully saturated rings. The normalized spacial score (nSPS) is 11.9. The summed E-state index contributed by atoms with van der Waals surface area (Å²) in [7, 11) is 0. The Morgan fingerprint density at radius 2 is 1.95 bits per heavy atom. The number of nitro benzene ring substituents is 1. The van der Waals surface area contributed by atoms with E-state index in [0.717, 1.165) is 5.56 Å². The molecule has 2 rings (SSSR count). The molecule has 0 aliphatic heterocycles. The molecule has 0 aliphatic rings. The first kappa shape index (κ1) is 15.3. The van der Waals surface area contributed by atoms with Gasteiger partial charge in [-0.05, 0) is 24.1 Å². The Labute approximate surface area is 127 Å². The molecule has 0 unspecified atom stereocenters. The third-order valence-corrected chi connectivity index (χ3v) is 3.34. The molecular weight excluding hydrogens is 292 g/mol. The molecule has 0 saturated carbocycles. The van der Waals surface area contributed by atoms with E-state index >= 15 is 0 Å². The van der Waals surface area contributed by atoms with Gasteiger partial charge in [0.25, 0.3) is 5.69 Å². The number of nitro groups is 1. The summed E-state index contributed by atoms with van der Waals surface area (Å²) < 4.78 is 0. The molecule has 0 bridgehead atoms. The first-order valence-electron chi connectivity index (χ1n) is 6.48. The van der Waals surface area contributed by atoms with Gasteiger partial charge >= 0.3 is 0 Å². The summed E-state index contributed by atoms with van der Waals surface area (Å²) >= 11 is 5.80. The molecule has 0 spiro atoms. The summed E-state index contributed by atoms with van der Waals surface area (Å²) in [5.74, 6) is 0. The van der Waals surface area contributed by atoms with Crippen molar-refractivity contribution in [3.05, 3.63) is 69.2 Å². The van der Waals surface area contributed by atoms with Gasteiger partial charge in [-0.1, -0.05) is 41.9 Å². The van der Waals surface area contributed by atoms with Gasteiger partial charge in [0.05, 0.1) is 11.0 Å². The first-order chi connectivity index (χ1) is 10.1. The molecule has 2 aromatic rings. The SMILES string of the molecule is O=[N+]([O-])c1cc(Cl)ccc1N[C@@H](CCO)c1ccccc1. The number of aliphatic hydroxyl groups excluding tert-OH is 1. The van der Waals surface area contributed by atoms with E-state index in [2.05, 4.69) is 5.32 Å². The second-order valence-electron chi connectivity index (χ2n) is 4.54. The molecular formula is C15H15ClN2O3. The van der Waals surface area contributed by atoms with Gasteiger partial charge in [-0.25, -0.2) is 0 Å². The second kappa shape index (κ2) is 7.06. The van der Waals surface area contributed by atoms with Crippen LogP contribution in [0.3, 0.4) is 0 Å². The molecule has 0 aliphatic carbocycles. The van der Waals surface area contributed by atoms with E-state index < -0.39 is 4.92 Å². The highest BCUT2D eigenvalue weighted by Crippen LogP contribution is 2.31. The van der Waals surface area contributed by atoms with E-state index in [1.54, 1.807) is 12.1 Å². The van der Waals surface area contributed by atoms with E-state index in [1.165, 1.54) is 6.07 Å². The number of benzene rings is 2. The largest absolute Gasteiger partial charge is 0.396 e. The smallest absolute Gasteiger partial charge is 0.293 e. The molecule has 2 N–H and O–H groups in total. The molecule has 5 nitrogen and oxygen atoms in total. The standard InChI is InChI=1S/C15H15ClN2O3/c16-12-6-7-14(15(10-12)18(20)21)17-13(8-9-19)11-4-2-1-3-5-11/h1-7,10,13,17,19H,8-9H2/t13-/m0/s1. The van der Waals surface area contributed by atoms with Crippen molar-refractivity contribution in [2.45, 2.75) is 12.5 Å². The van der Waals surface area contributed by atoms with Crippen molar-refractivity contribution in [1.82, 2.24) is 0 Å². The van der Waals surface area contributed by atoms with Crippen LogP contribution in [0, 0.1) is 10.1 Å². The lowest BCUT2D eigenvalue weighted by Crippen LogP contribution is -2.13. The summed E-state index contributed by atoms with van der Waals surface area (Å²) in [6.45, 7) is -0.0199. The highest BCUT2D eigenvalue weighted by molar-refractivity contribution is 6.30. The predicted octanol–water partition coefficient (Wildman–Crippen LogP) is 3.78. The average molecular weight is 307 g/mol. The Hall–Kier alpha value is -2.11. The molecule has 1 atom stereocenters. The van der Waals surface area contributed by atoms with Crippen LogP contribution < -0.4 is 5.32 Å². The van der Waals surface area contributed by atoms with Gasteiger partial charge in [-0.3, -0.25) is 10.1 Å². The van der Waals surface area contributed by atoms with Crippen molar-refractivity contribution in [2.75, 3.05) is 11.9 Å². The van der Waals surface area contributed by atoms with Crippen molar-refractivity contribution in [1.29, 1.82) is 0 Å². The van der Waals surface area contributed by atoms with Crippen LogP contribution in [0.4, 0.5) is 11.4 Å². The van der Waals surface area contributed by atoms with Crippen LogP contribution in [0.2, 0.25) is 5.02 Å². The van der Waals surface area contributed by atoms with Crippen molar-refractivity contribution >= 4 is 23.0 Å². The van der Waals surface area contributed by atoms with E-state index in [-0.39, 0.29) is 18.3 Å². The summed E-state index contributed by atoms with van der Waals surface area (Å²) in [6.07, 6.45) is 0.448. The fourth-order valence-corrected chi connectivity index (χ4v) is 2.27. The van der Waals surface area contributed by atoms with E-state index in [0.29, 0.717) is 17.1 Å². The number of anilines is 1. The monoisotopic (exact) mass is 306 g/mol. The molecule has 0 saturated heterocycles. The second-order valence-corrected chi connectivity index (χ2v) is 4.97. The third kappa shape index (κ3) is 3.93. The zero-order chi connectivity index (χ0) is 15.2. The zero-order valence-corrected chi connectivity index (χ0v) is 12.0. The van der Waals surface area contributed by atoms with Crippen molar-refractivity contribution in [3.63, 3.8) is 0 Å². The lowest BCUT2D eigenvalue weighted by molar-refractivity contribution is -0.384. The quantitative estimate of drug-likeness (QED) is 0.629. The van der Waals surface area contributed by atoms with Gasteiger partial charge in [0, 0.05) is 17.7 Å². The van der Waals surface area contributed by atoms with E-state index in [9.17, 15) is 15.2 Å². The number of hydrogen-bond donors (Lipinski definition) is 2. The van der Waals surface area contributed by atoms with Crippen molar-refractivity contribution in [3.8, 4) is 0 Å². The number of halogens is 1. The van der Waals surface area contributed by atoms with Gasteiger partial charge in [-0.15, -0.1) is 0 Å². The van der Waals surface area contributed by atoms with Crippen LogP contribution in [0.5, 0.6) is 0 Å². The number of nitrogens with zero attached hydrogens (tertiary/aromatic N) is 1. The first-order valence-corrected chi connectivity index (χ1v) is 6.86. The van der Waals surface area contributed by atoms with Crippen LogP contribution >= 0.6 is 11.6 Å². The van der Waals surface area contributed by atoms with Gasteiger partial charge in [0.15, 0.2) is 0 Å². The van der Waals surface area contributed by atoms with E-state index in [1.807, 2.05) is 30.3 Å². The molecule has 6 heteroatoms.